The Hall–Kier alpha value is -2.28. The second kappa shape index (κ2) is 5.15. The third kappa shape index (κ3) is 2.60. The zero-order valence-corrected chi connectivity index (χ0v) is 10.5. The first-order valence-corrected chi connectivity index (χ1v) is 5.55. The van der Waals surface area contributed by atoms with E-state index in [0.717, 1.165) is 0 Å². The third-order valence-electron chi connectivity index (χ3n) is 2.63. The number of rotatable bonds is 3. The van der Waals surface area contributed by atoms with E-state index in [-0.39, 0.29) is 17.5 Å². The molecule has 4 N–H and O–H groups in total. The average molecular weight is 265 g/mol. The van der Waals surface area contributed by atoms with Crippen LogP contribution >= 0.6 is 0 Å². The molecule has 19 heavy (non-hydrogen) atoms. The van der Waals surface area contributed by atoms with E-state index in [1.54, 1.807) is 13.8 Å². The van der Waals surface area contributed by atoms with E-state index < -0.39 is 11.6 Å². The smallest absolute Gasteiger partial charge is 0.239 e. The van der Waals surface area contributed by atoms with Gasteiger partial charge in [0.25, 0.3) is 0 Å². The number of hydrogen-bond donors (Lipinski definition) is 3. The van der Waals surface area contributed by atoms with Gasteiger partial charge in [0.15, 0.2) is 5.82 Å². The van der Waals surface area contributed by atoms with E-state index in [9.17, 15) is 8.78 Å². The van der Waals surface area contributed by atoms with Crippen LogP contribution in [0.1, 0.15) is 11.1 Å². The SMILES string of the molecule is Cc1cnc(NN)nc1Nc1c(F)ccc(C)c1F. The molecule has 100 valence electrons. The molecule has 0 radical (unpaired) electrons. The van der Waals surface area contributed by atoms with Crippen molar-refractivity contribution in [3.8, 4) is 0 Å². The van der Waals surface area contributed by atoms with Crippen molar-refractivity contribution < 1.29 is 8.78 Å². The number of nitrogens with one attached hydrogen (secondary N) is 2. The summed E-state index contributed by atoms with van der Waals surface area (Å²) in [6.45, 7) is 3.27. The molecule has 0 aliphatic rings. The number of hydrogen-bond acceptors (Lipinski definition) is 5. The van der Waals surface area contributed by atoms with Crippen LogP contribution in [0.25, 0.3) is 0 Å². The fraction of sp³-hybridized carbons (Fsp3) is 0.167. The molecule has 2 rings (SSSR count). The van der Waals surface area contributed by atoms with Gasteiger partial charge in [-0.25, -0.2) is 19.6 Å². The van der Waals surface area contributed by atoms with E-state index in [1.165, 1.54) is 18.3 Å². The summed E-state index contributed by atoms with van der Waals surface area (Å²) in [5, 5.41) is 2.63. The van der Waals surface area contributed by atoms with Crippen LogP contribution in [-0.2, 0) is 0 Å². The van der Waals surface area contributed by atoms with E-state index in [1.807, 2.05) is 0 Å². The number of nitrogens with zero attached hydrogens (tertiary/aromatic N) is 2. The highest BCUT2D eigenvalue weighted by molar-refractivity contribution is 5.62. The largest absolute Gasteiger partial charge is 0.335 e. The maximum absolute atomic E-state index is 13.9. The standard InChI is InChI=1S/C12H13F2N5/c1-6-3-4-8(13)10(9(6)14)17-11-7(2)5-16-12(18-11)19-15/h3-5H,15H2,1-2H3,(H2,16,17,18,19). The van der Waals surface area contributed by atoms with Crippen molar-refractivity contribution in [1.29, 1.82) is 0 Å². The Morgan fingerprint density at radius 2 is 1.89 bits per heavy atom. The maximum Gasteiger partial charge on any atom is 0.239 e. The summed E-state index contributed by atoms with van der Waals surface area (Å²) >= 11 is 0. The van der Waals surface area contributed by atoms with Gasteiger partial charge in [0, 0.05) is 11.8 Å². The molecule has 1 heterocycles. The van der Waals surface area contributed by atoms with Crippen molar-refractivity contribution in [3.05, 3.63) is 41.1 Å². The second-order valence-electron chi connectivity index (χ2n) is 4.05. The molecule has 0 spiro atoms. The van der Waals surface area contributed by atoms with Gasteiger partial charge in [-0.15, -0.1) is 0 Å². The number of nitrogens with two attached hydrogens (primary N) is 1. The van der Waals surface area contributed by atoms with E-state index in [0.29, 0.717) is 11.1 Å². The maximum atomic E-state index is 13.9. The lowest BCUT2D eigenvalue weighted by molar-refractivity contribution is 0.584. The Morgan fingerprint density at radius 1 is 1.16 bits per heavy atom. The van der Waals surface area contributed by atoms with E-state index in [2.05, 4.69) is 20.7 Å². The van der Waals surface area contributed by atoms with Gasteiger partial charge >= 0.3 is 0 Å². The number of aryl methyl sites for hydroxylation is 2. The molecule has 0 saturated carbocycles. The highest BCUT2D eigenvalue weighted by Gasteiger charge is 2.13. The Kier molecular flexibility index (Phi) is 3.57. The minimum Gasteiger partial charge on any atom is -0.335 e. The molecule has 1 aromatic carbocycles. The summed E-state index contributed by atoms with van der Waals surface area (Å²) in [6.07, 6.45) is 1.50. The monoisotopic (exact) mass is 265 g/mol. The van der Waals surface area contributed by atoms with Crippen LogP contribution < -0.4 is 16.6 Å². The quantitative estimate of drug-likeness (QED) is 0.587. The van der Waals surface area contributed by atoms with E-state index in [4.69, 9.17) is 5.84 Å². The number of anilines is 3. The average Bonchev–Trinajstić information content (AvgIpc) is 2.41. The normalized spacial score (nSPS) is 10.4. The molecular weight excluding hydrogens is 252 g/mol. The highest BCUT2D eigenvalue weighted by Crippen LogP contribution is 2.26. The zero-order chi connectivity index (χ0) is 14.0. The van der Waals surface area contributed by atoms with Gasteiger partial charge in [-0.05, 0) is 25.5 Å². The molecule has 0 aliphatic carbocycles. The molecule has 0 bridgehead atoms. The number of benzene rings is 1. The Balaban J connectivity index is 2.44. The number of aromatic nitrogens is 2. The molecule has 1 aromatic heterocycles. The fourth-order valence-electron chi connectivity index (χ4n) is 1.53. The van der Waals surface area contributed by atoms with Crippen LogP contribution in [0, 0.1) is 25.5 Å². The van der Waals surface area contributed by atoms with Crippen LogP contribution in [-0.4, -0.2) is 9.97 Å². The second-order valence-corrected chi connectivity index (χ2v) is 4.05. The van der Waals surface area contributed by atoms with Crippen molar-refractivity contribution in [1.82, 2.24) is 9.97 Å². The van der Waals surface area contributed by atoms with Crippen molar-refractivity contribution in [2.24, 2.45) is 5.84 Å². The minimum absolute atomic E-state index is 0.154. The van der Waals surface area contributed by atoms with Crippen molar-refractivity contribution in [3.63, 3.8) is 0 Å². The van der Waals surface area contributed by atoms with Crippen molar-refractivity contribution in [2.45, 2.75) is 13.8 Å². The molecule has 0 saturated heterocycles. The number of halogens is 2. The highest BCUT2D eigenvalue weighted by atomic mass is 19.1. The lowest BCUT2D eigenvalue weighted by atomic mass is 10.2. The zero-order valence-electron chi connectivity index (χ0n) is 10.5. The van der Waals surface area contributed by atoms with Gasteiger partial charge in [0.2, 0.25) is 5.95 Å². The molecule has 0 amide bonds. The van der Waals surface area contributed by atoms with Crippen molar-refractivity contribution >= 4 is 17.5 Å². The van der Waals surface area contributed by atoms with Gasteiger partial charge in [-0.3, -0.25) is 5.43 Å². The molecular formula is C12H13F2N5. The summed E-state index contributed by atoms with van der Waals surface area (Å²) in [4.78, 5) is 7.89. The Bertz CT molecular complexity index is 615. The summed E-state index contributed by atoms with van der Waals surface area (Å²) in [7, 11) is 0. The van der Waals surface area contributed by atoms with Crippen LogP contribution in [0.5, 0.6) is 0 Å². The van der Waals surface area contributed by atoms with Crippen LogP contribution in [0.15, 0.2) is 18.3 Å². The predicted octanol–water partition coefficient (Wildman–Crippen LogP) is 2.40. The Labute approximate surface area is 108 Å². The molecule has 2 aromatic rings. The molecule has 5 nitrogen and oxygen atoms in total. The van der Waals surface area contributed by atoms with Gasteiger partial charge in [-0.2, -0.15) is 4.98 Å². The molecule has 7 heteroatoms. The van der Waals surface area contributed by atoms with Gasteiger partial charge in [0.1, 0.15) is 17.3 Å². The summed E-state index contributed by atoms with van der Waals surface area (Å²) in [5.41, 5.74) is 3.00. The lowest BCUT2D eigenvalue weighted by Crippen LogP contribution is -2.12. The minimum atomic E-state index is -0.691. The molecule has 0 unspecified atom stereocenters. The third-order valence-corrected chi connectivity index (χ3v) is 2.63. The van der Waals surface area contributed by atoms with Crippen molar-refractivity contribution in [2.75, 3.05) is 10.7 Å². The number of nitrogen functional groups attached to an aromatic ring is 1. The van der Waals surface area contributed by atoms with Crippen LogP contribution in [0.4, 0.5) is 26.2 Å². The summed E-state index contributed by atoms with van der Waals surface area (Å²) in [6, 6.07) is 2.56. The number of hydrazine groups is 1. The van der Waals surface area contributed by atoms with Crippen LogP contribution in [0.2, 0.25) is 0 Å². The lowest BCUT2D eigenvalue weighted by Gasteiger charge is -2.12. The van der Waals surface area contributed by atoms with Gasteiger partial charge in [0.05, 0.1) is 0 Å². The Morgan fingerprint density at radius 3 is 2.58 bits per heavy atom. The first-order valence-electron chi connectivity index (χ1n) is 5.55. The molecule has 0 fully saturated rings. The first kappa shape index (κ1) is 13.2. The predicted molar refractivity (Wildman–Crippen MR) is 69.0 cm³/mol. The fourth-order valence-corrected chi connectivity index (χ4v) is 1.53. The molecule has 0 aliphatic heterocycles. The van der Waals surface area contributed by atoms with Gasteiger partial charge in [-0.1, -0.05) is 6.07 Å². The summed E-state index contributed by atoms with van der Waals surface area (Å²) in [5.74, 6) is 4.29. The van der Waals surface area contributed by atoms with E-state index >= 15 is 0 Å². The van der Waals surface area contributed by atoms with Gasteiger partial charge < -0.3 is 5.32 Å². The first-order chi connectivity index (χ1) is 9.02. The molecule has 0 atom stereocenters. The summed E-state index contributed by atoms with van der Waals surface area (Å²) < 4.78 is 27.5. The topological polar surface area (TPSA) is 75.9 Å². The van der Waals surface area contributed by atoms with Crippen LogP contribution in [0.3, 0.4) is 0 Å².